The van der Waals surface area contributed by atoms with Crippen molar-refractivity contribution in [2.45, 2.75) is 51.5 Å². The number of carbonyl (C=O) groups is 2. The highest BCUT2D eigenvalue weighted by Crippen LogP contribution is 2.42. The Balaban J connectivity index is 2.44. The molecule has 0 fully saturated rings. The van der Waals surface area contributed by atoms with Gasteiger partial charge in [0.1, 0.15) is 0 Å². The van der Waals surface area contributed by atoms with Crippen LogP contribution in [0.2, 0.25) is 0 Å². The number of sulfonamides is 1. The van der Waals surface area contributed by atoms with Crippen LogP contribution in [0.4, 0.5) is 0 Å². The van der Waals surface area contributed by atoms with Gasteiger partial charge in [-0.3, -0.25) is 14.3 Å². The maximum atomic E-state index is 12.8. The molecular weight excluding hydrogens is 424 g/mol. The van der Waals surface area contributed by atoms with Crippen molar-refractivity contribution >= 4 is 39.7 Å². The van der Waals surface area contributed by atoms with Gasteiger partial charge in [-0.25, -0.2) is 8.42 Å². The third-order valence-corrected chi connectivity index (χ3v) is 7.37. The van der Waals surface area contributed by atoms with E-state index in [0.717, 1.165) is 5.57 Å². The summed E-state index contributed by atoms with van der Waals surface area (Å²) >= 11 is 5.01. The largest absolute Gasteiger partial charge is 0.362 e. The summed E-state index contributed by atoms with van der Waals surface area (Å²) in [7, 11) is -3.91. The molecule has 0 bridgehead atoms. The number of hydrogen-bond acceptors (Lipinski definition) is 5. The first-order chi connectivity index (χ1) is 14.1. The van der Waals surface area contributed by atoms with E-state index in [1.165, 1.54) is 6.07 Å². The van der Waals surface area contributed by atoms with Crippen molar-refractivity contribution in [3.8, 4) is 0 Å². The summed E-state index contributed by atoms with van der Waals surface area (Å²) in [5.41, 5.74) is 1.23. The summed E-state index contributed by atoms with van der Waals surface area (Å²) in [6.45, 7) is 7.76. The van der Waals surface area contributed by atoms with Crippen molar-refractivity contribution < 1.29 is 18.0 Å². The highest BCUT2D eigenvalue weighted by Gasteiger charge is 2.43. The Morgan fingerprint density at radius 3 is 2.53 bits per heavy atom. The normalized spacial score (nSPS) is 19.5. The van der Waals surface area contributed by atoms with Gasteiger partial charge in [-0.1, -0.05) is 19.1 Å². The lowest BCUT2D eigenvalue weighted by Gasteiger charge is -2.31. The maximum absolute atomic E-state index is 12.8. The van der Waals surface area contributed by atoms with Gasteiger partial charge in [0.25, 0.3) is 10.0 Å². The molecule has 164 valence electrons. The van der Waals surface area contributed by atoms with Crippen molar-refractivity contribution in [3.05, 3.63) is 41.1 Å². The standard InChI is InChI=1S/C20H28N4O4S2/c1-5-20(14(4)11-22-18(20)26)10-16(23-12-25)15-8-7-13(3)17(9-15)30(27,28)24-19(29)21-6-2/h7-9,11-12,16H,5-6,10H2,1-4H3,(H,22,26)(H,23,25)(H2,21,24,29). The second-order valence-corrected chi connectivity index (χ2v) is 9.33. The van der Waals surface area contributed by atoms with Crippen LogP contribution in [0.25, 0.3) is 0 Å². The highest BCUT2D eigenvalue weighted by atomic mass is 32.2. The van der Waals surface area contributed by atoms with Crippen LogP contribution in [0, 0.1) is 12.3 Å². The fourth-order valence-electron chi connectivity index (χ4n) is 3.67. The molecule has 1 aromatic rings. The first-order valence-electron chi connectivity index (χ1n) is 9.70. The van der Waals surface area contributed by atoms with Crippen molar-refractivity contribution in [2.24, 2.45) is 5.41 Å². The van der Waals surface area contributed by atoms with Gasteiger partial charge in [0, 0.05) is 12.7 Å². The van der Waals surface area contributed by atoms with Crippen molar-refractivity contribution in [1.82, 2.24) is 20.7 Å². The van der Waals surface area contributed by atoms with Crippen LogP contribution >= 0.6 is 12.2 Å². The Bertz CT molecular complexity index is 975. The number of rotatable bonds is 9. The van der Waals surface area contributed by atoms with Crippen LogP contribution in [0.15, 0.2) is 34.9 Å². The first kappa shape index (κ1) is 23.8. The van der Waals surface area contributed by atoms with E-state index in [9.17, 15) is 18.0 Å². The van der Waals surface area contributed by atoms with Gasteiger partial charge in [-0.2, -0.15) is 0 Å². The number of thiocarbonyl (C=S) groups is 1. The summed E-state index contributed by atoms with van der Waals surface area (Å²) in [6.07, 6.45) is 3.10. The molecule has 2 atom stereocenters. The summed E-state index contributed by atoms with van der Waals surface area (Å²) in [5.74, 6) is -0.127. The number of hydrogen-bond donors (Lipinski definition) is 4. The van der Waals surface area contributed by atoms with E-state index < -0.39 is 21.5 Å². The topological polar surface area (TPSA) is 116 Å². The third-order valence-electron chi connectivity index (χ3n) is 5.50. The molecule has 0 saturated heterocycles. The number of aryl methyl sites for hydroxylation is 1. The molecule has 1 heterocycles. The van der Waals surface area contributed by atoms with Crippen LogP contribution in [0.1, 0.15) is 50.8 Å². The fraction of sp³-hybridized carbons (Fsp3) is 0.450. The third kappa shape index (κ3) is 4.81. The Morgan fingerprint density at radius 1 is 1.30 bits per heavy atom. The van der Waals surface area contributed by atoms with E-state index in [1.54, 1.807) is 32.2 Å². The molecule has 0 radical (unpaired) electrons. The Morgan fingerprint density at radius 2 is 2.00 bits per heavy atom. The van der Waals surface area contributed by atoms with Crippen LogP contribution in [-0.4, -0.2) is 32.4 Å². The van der Waals surface area contributed by atoms with Gasteiger partial charge >= 0.3 is 0 Å². The molecule has 2 amide bonds. The van der Waals surface area contributed by atoms with Crippen molar-refractivity contribution in [2.75, 3.05) is 6.54 Å². The second kappa shape index (κ2) is 9.57. The highest BCUT2D eigenvalue weighted by molar-refractivity contribution is 7.91. The molecule has 0 aromatic heterocycles. The second-order valence-electron chi connectivity index (χ2n) is 7.27. The predicted molar refractivity (Wildman–Crippen MR) is 119 cm³/mol. The molecule has 1 aliphatic heterocycles. The molecule has 2 rings (SSSR count). The SMILES string of the molecule is CCNC(=S)NS(=O)(=O)c1cc(C(CC2(CC)C(=O)NC=C2C)NC=O)ccc1C. The Labute approximate surface area is 182 Å². The minimum atomic E-state index is -3.91. The van der Waals surface area contributed by atoms with Crippen LogP contribution in [0.3, 0.4) is 0 Å². The molecule has 10 heteroatoms. The van der Waals surface area contributed by atoms with E-state index in [0.29, 0.717) is 36.9 Å². The zero-order valence-electron chi connectivity index (χ0n) is 17.5. The van der Waals surface area contributed by atoms with E-state index in [4.69, 9.17) is 12.2 Å². The molecule has 2 unspecified atom stereocenters. The summed E-state index contributed by atoms with van der Waals surface area (Å²) in [6, 6.07) is 4.40. The van der Waals surface area contributed by atoms with Gasteiger partial charge in [0.2, 0.25) is 12.3 Å². The molecule has 30 heavy (non-hydrogen) atoms. The van der Waals surface area contributed by atoms with E-state index in [-0.39, 0.29) is 15.9 Å². The van der Waals surface area contributed by atoms with Gasteiger partial charge in [-0.15, -0.1) is 0 Å². The number of amides is 2. The summed E-state index contributed by atoms with van der Waals surface area (Å²) in [5, 5.41) is 8.25. The predicted octanol–water partition coefficient (Wildman–Crippen LogP) is 1.77. The molecule has 0 saturated carbocycles. The first-order valence-corrected chi connectivity index (χ1v) is 11.6. The lowest BCUT2D eigenvalue weighted by atomic mass is 9.73. The van der Waals surface area contributed by atoms with Crippen molar-refractivity contribution in [1.29, 1.82) is 0 Å². The molecule has 4 N–H and O–H groups in total. The smallest absolute Gasteiger partial charge is 0.263 e. The average Bonchev–Trinajstić information content (AvgIpc) is 2.96. The van der Waals surface area contributed by atoms with E-state index in [2.05, 4.69) is 20.7 Å². The average molecular weight is 453 g/mol. The zero-order chi connectivity index (χ0) is 22.5. The zero-order valence-corrected chi connectivity index (χ0v) is 19.2. The van der Waals surface area contributed by atoms with Gasteiger partial charge in [0.15, 0.2) is 5.11 Å². The van der Waals surface area contributed by atoms with Gasteiger partial charge in [-0.05, 0) is 68.6 Å². The molecule has 0 aliphatic carbocycles. The summed E-state index contributed by atoms with van der Waals surface area (Å²) < 4.78 is 28.0. The van der Waals surface area contributed by atoms with Gasteiger partial charge < -0.3 is 16.0 Å². The molecule has 8 nitrogen and oxygen atoms in total. The molecule has 1 aliphatic rings. The van der Waals surface area contributed by atoms with Crippen LogP contribution in [0.5, 0.6) is 0 Å². The number of carbonyl (C=O) groups excluding carboxylic acids is 2. The minimum absolute atomic E-state index is 0.0122. The van der Waals surface area contributed by atoms with Crippen LogP contribution < -0.4 is 20.7 Å². The van der Waals surface area contributed by atoms with Crippen molar-refractivity contribution in [3.63, 3.8) is 0 Å². The van der Waals surface area contributed by atoms with Gasteiger partial charge in [0.05, 0.1) is 16.4 Å². The lowest BCUT2D eigenvalue weighted by Crippen LogP contribution is -2.39. The fourth-order valence-corrected chi connectivity index (χ4v) is 5.35. The Hall–Kier alpha value is -2.46. The quantitative estimate of drug-likeness (QED) is 0.335. The van der Waals surface area contributed by atoms with Crippen LogP contribution in [-0.2, 0) is 19.6 Å². The molecular formula is C20H28N4O4S2. The number of nitrogens with one attached hydrogen (secondary N) is 4. The maximum Gasteiger partial charge on any atom is 0.263 e. The minimum Gasteiger partial charge on any atom is -0.362 e. The van der Waals surface area contributed by atoms with E-state index in [1.807, 2.05) is 13.8 Å². The lowest BCUT2D eigenvalue weighted by molar-refractivity contribution is -0.128. The molecule has 0 spiro atoms. The summed E-state index contributed by atoms with van der Waals surface area (Å²) in [4.78, 5) is 23.9. The molecule has 1 aromatic carbocycles. The monoisotopic (exact) mass is 452 g/mol. The van der Waals surface area contributed by atoms with E-state index >= 15 is 0 Å². The Kier molecular flexibility index (Phi) is 7.59. The number of benzene rings is 1.